The Bertz CT molecular complexity index is 965. The molecule has 0 spiro atoms. The molecule has 138 valence electrons. The highest BCUT2D eigenvalue weighted by Gasteiger charge is 2.28. The Morgan fingerprint density at radius 1 is 0.926 bits per heavy atom. The molecule has 1 aliphatic rings. The molecule has 1 aliphatic heterocycles. The fourth-order valence-corrected chi connectivity index (χ4v) is 3.24. The van der Waals surface area contributed by atoms with Gasteiger partial charge in [0.15, 0.2) is 17.8 Å². The van der Waals surface area contributed by atoms with E-state index >= 15 is 0 Å². The van der Waals surface area contributed by atoms with Crippen LogP contribution >= 0.6 is 0 Å². The predicted octanol–water partition coefficient (Wildman–Crippen LogP) is 3.58. The van der Waals surface area contributed by atoms with Crippen LogP contribution in [0, 0.1) is 11.6 Å². The summed E-state index contributed by atoms with van der Waals surface area (Å²) >= 11 is 0. The van der Waals surface area contributed by atoms with E-state index in [1.165, 1.54) is 12.1 Å². The van der Waals surface area contributed by atoms with Gasteiger partial charge in [-0.3, -0.25) is 4.79 Å². The average Bonchev–Trinajstić information content (AvgIpc) is 3.18. The van der Waals surface area contributed by atoms with Crippen molar-refractivity contribution in [2.45, 2.75) is 0 Å². The van der Waals surface area contributed by atoms with Gasteiger partial charge < -0.3 is 14.2 Å². The summed E-state index contributed by atoms with van der Waals surface area (Å²) in [5, 5.41) is 0. The SMILES string of the molecule is O=C(c1ncoc1-c1ccccc1F)N1CCN(c2ccccc2F)CC1. The summed E-state index contributed by atoms with van der Waals surface area (Å²) in [6.45, 7) is 1.83. The molecule has 1 saturated heterocycles. The van der Waals surface area contributed by atoms with Gasteiger partial charge in [0.05, 0.1) is 11.3 Å². The zero-order chi connectivity index (χ0) is 18.8. The minimum absolute atomic E-state index is 0.0828. The van der Waals surface area contributed by atoms with Crippen molar-refractivity contribution in [3.05, 3.63) is 72.3 Å². The quantitative estimate of drug-likeness (QED) is 0.708. The highest BCUT2D eigenvalue weighted by Crippen LogP contribution is 2.27. The average molecular weight is 369 g/mol. The molecule has 5 nitrogen and oxygen atoms in total. The minimum Gasteiger partial charge on any atom is -0.443 e. The molecule has 0 bridgehead atoms. The largest absolute Gasteiger partial charge is 0.443 e. The third kappa shape index (κ3) is 3.28. The highest BCUT2D eigenvalue weighted by atomic mass is 19.1. The first-order valence-corrected chi connectivity index (χ1v) is 8.62. The highest BCUT2D eigenvalue weighted by molar-refractivity contribution is 5.97. The van der Waals surface area contributed by atoms with Crippen molar-refractivity contribution in [2.24, 2.45) is 0 Å². The second-order valence-corrected chi connectivity index (χ2v) is 6.24. The maximum Gasteiger partial charge on any atom is 0.276 e. The Morgan fingerprint density at radius 2 is 1.59 bits per heavy atom. The molecule has 1 aromatic heterocycles. The van der Waals surface area contributed by atoms with Crippen molar-refractivity contribution in [2.75, 3.05) is 31.1 Å². The zero-order valence-corrected chi connectivity index (χ0v) is 14.4. The van der Waals surface area contributed by atoms with Gasteiger partial charge in [-0.15, -0.1) is 0 Å². The van der Waals surface area contributed by atoms with E-state index in [-0.39, 0.29) is 28.7 Å². The van der Waals surface area contributed by atoms with Gasteiger partial charge in [0.1, 0.15) is 11.6 Å². The first-order chi connectivity index (χ1) is 13.1. The van der Waals surface area contributed by atoms with Gasteiger partial charge in [-0.05, 0) is 24.3 Å². The normalized spacial score (nSPS) is 14.4. The molecule has 0 unspecified atom stereocenters. The minimum atomic E-state index is -0.479. The number of amides is 1. The molecule has 0 radical (unpaired) electrons. The van der Waals surface area contributed by atoms with Crippen molar-refractivity contribution >= 4 is 11.6 Å². The lowest BCUT2D eigenvalue weighted by molar-refractivity contribution is 0.0741. The number of rotatable bonds is 3. The number of carbonyl (C=O) groups is 1. The predicted molar refractivity (Wildman–Crippen MR) is 96.4 cm³/mol. The van der Waals surface area contributed by atoms with Gasteiger partial charge in [0, 0.05) is 26.2 Å². The molecule has 4 rings (SSSR count). The number of oxazole rings is 1. The summed E-state index contributed by atoms with van der Waals surface area (Å²) in [6, 6.07) is 12.7. The Balaban J connectivity index is 1.51. The van der Waals surface area contributed by atoms with Crippen LogP contribution in [0.15, 0.2) is 59.3 Å². The number of hydrogen-bond acceptors (Lipinski definition) is 4. The molecule has 0 atom stereocenters. The number of piperazine rings is 1. The third-order valence-corrected chi connectivity index (χ3v) is 4.65. The Labute approximate surface area is 154 Å². The number of para-hydroxylation sites is 1. The lowest BCUT2D eigenvalue weighted by Crippen LogP contribution is -2.49. The first-order valence-electron chi connectivity index (χ1n) is 8.62. The number of nitrogens with zero attached hydrogens (tertiary/aromatic N) is 3. The van der Waals surface area contributed by atoms with Gasteiger partial charge in [-0.2, -0.15) is 0 Å². The first kappa shape index (κ1) is 17.2. The van der Waals surface area contributed by atoms with E-state index in [2.05, 4.69) is 4.98 Å². The number of benzene rings is 2. The van der Waals surface area contributed by atoms with E-state index in [4.69, 9.17) is 4.42 Å². The van der Waals surface area contributed by atoms with E-state index in [0.717, 1.165) is 6.39 Å². The lowest BCUT2D eigenvalue weighted by Gasteiger charge is -2.36. The Morgan fingerprint density at radius 3 is 2.30 bits per heavy atom. The van der Waals surface area contributed by atoms with Crippen LogP contribution in [0.3, 0.4) is 0 Å². The smallest absolute Gasteiger partial charge is 0.276 e. The molecular weight excluding hydrogens is 352 g/mol. The monoisotopic (exact) mass is 369 g/mol. The van der Waals surface area contributed by atoms with E-state index in [9.17, 15) is 13.6 Å². The molecule has 0 N–H and O–H groups in total. The number of hydrogen-bond donors (Lipinski definition) is 0. The Kier molecular flexibility index (Phi) is 4.58. The third-order valence-electron chi connectivity index (χ3n) is 4.65. The van der Waals surface area contributed by atoms with Gasteiger partial charge >= 0.3 is 0 Å². The lowest BCUT2D eigenvalue weighted by atomic mass is 10.1. The number of halogens is 2. The summed E-state index contributed by atoms with van der Waals surface area (Å²) < 4.78 is 33.3. The Hall–Kier alpha value is -3.22. The summed E-state index contributed by atoms with van der Waals surface area (Å²) in [6.07, 6.45) is 1.14. The molecule has 0 saturated carbocycles. The van der Waals surface area contributed by atoms with Crippen LogP contribution in [0.5, 0.6) is 0 Å². The molecule has 1 amide bonds. The van der Waals surface area contributed by atoms with Crippen LogP contribution in [-0.4, -0.2) is 42.0 Å². The second-order valence-electron chi connectivity index (χ2n) is 6.24. The van der Waals surface area contributed by atoms with E-state index in [1.54, 1.807) is 41.3 Å². The van der Waals surface area contributed by atoms with Crippen LogP contribution < -0.4 is 4.90 Å². The van der Waals surface area contributed by atoms with Gasteiger partial charge in [0.25, 0.3) is 5.91 Å². The number of anilines is 1. The number of aromatic nitrogens is 1. The van der Waals surface area contributed by atoms with E-state index in [0.29, 0.717) is 31.9 Å². The summed E-state index contributed by atoms with van der Waals surface area (Å²) in [5.41, 5.74) is 0.806. The van der Waals surface area contributed by atoms with E-state index < -0.39 is 5.82 Å². The van der Waals surface area contributed by atoms with Gasteiger partial charge in [-0.25, -0.2) is 13.8 Å². The second kappa shape index (κ2) is 7.19. The molecule has 7 heteroatoms. The van der Waals surface area contributed by atoms with Crippen LogP contribution in [0.25, 0.3) is 11.3 Å². The molecular formula is C20H17F2N3O2. The van der Waals surface area contributed by atoms with Gasteiger partial charge in [-0.1, -0.05) is 24.3 Å². The molecule has 2 aromatic carbocycles. The summed E-state index contributed by atoms with van der Waals surface area (Å²) in [5.74, 6) is -0.965. The van der Waals surface area contributed by atoms with Crippen molar-refractivity contribution in [1.82, 2.24) is 9.88 Å². The maximum atomic E-state index is 14.1. The number of carbonyl (C=O) groups excluding carboxylic acids is 1. The van der Waals surface area contributed by atoms with Crippen molar-refractivity contribution < 1.29 is 18.0 Å². The standard InChI is InChI=1S/C20H17F2N3O2/c21-15-6-2-1-5-14(15)19-18(23-13-27-19)20(26)25-11-9-24(10-12-25)17-8-4-3-7-16(17)22/h1-8,13H,9-12H2. The molecule has 0 aliphatic carbocycles. The van der Waals surface area contributed by atoms with Crippen LogP contribution in [0.1, 0.15) is 10.5 Å². The van der Waals surface area contributed by atoms with Crippen molar-refractivity contribution in [3.8, 4) is 11.3 Å². The molecule has 3 aromatic rings. The molecule has 27 heavy (non-hydrogen) atoms. The van der Waals surface area contributed by atoms with Crippen LogP contribution in [0.2, 0.25) is 0 Å². The molecule has 1 fully saturated rings. The topological polar surface area (TPSA) is 49.6 Å². The van der Waals surface area contributed by atoms with Crippen LogP contribution in [-0.2, 0) is 0 Å². The van der Waals surface area contributed by atoms with Crippen molar-refractivity contribution in [3.63, 3.8) is 0 Å². The fraction of sp³-hybridized carbons (Fsp3) is 0.200. The molecule has 2 heterocycles. The van der Waals surface area contributed by atoms with Crippen molar-refractivity contribution in [1.29, 1.82) is 0 Å². The summed E-state index contributed by atoms with van der Waals surface area (Å²) in [7, 11) is 0. The fourth-order valence-electron chi connectivity index (χ4n) is 3.24. The maximum absolute atomic E-state index is 14.1. The van der Waals surface area contributed by atoms with Crippen LogP contribution in [0.4, 0.5) is 14.5 Å². The summed E-state index contributed by atoms with van der Waals surface area (Å²) in [4.78, 5) is 20.4. The van der Waals surface area contributed by atoms with Gasteiger partial charge in [0.2, 0.25) is 0 Å². The van der Waals surface area contributed by atoms with E-state index in [1.807, 2.05) is 4.90 Å². The zero-order valence-electron chi connectivity index (χ0n) is 14.4.